The summed E-state index contributed by atoms with van der Waals surface area (Å²) in [5.41, 5.74) is 3.71. The van der Waals surface area contributed by atoms with Crippen LogP contribution in [0.15, 0.2) is 28.9 Å². The highest BCUT2D eigenvalue weighted by atomic mass is 79.9. The van der Waals surface area contributed by atoms with E-state index in [2.05, 4.69) is 71.4 Å². The maximum Gasteiger partial charge on any atom is 0.182 e. The summed E-state index contributed by atoms with van der Waals surface area (Å²) in [4.78, 5) is 3.17. The molecule has 2 rings (SSSR count). The van der Waals surface area contributed by atoms with Gasteiger partial charge in [-0.15, -0.1) is 0 Å². The Morgan fingerprint density at radius 1 is 1.32 bits per heavy atom. The fourth-order valence-electron chi connectivity index (χ4n) is 2.22. The maximum absolute atomic E-state index is 5.46. The van der Waals surface area contributed by atoms with E-state index >= 15 is 0 Å². The van der Waals surface area contributed by atoms with E-state index < -0.39 is 0 Å². The van der Waals surface area contributed by atoms with E-state index in [-0.39, 0.29) is 5.41 Å². The lowest BCUT2D eigenvalue weighted by Crippen LogP contribution is -2.17. The minimum Gasteiger partial charge on any atom is -0.337 e. The first-order valence-electron chi connectivity index (χ1n) is 6.44. The molecule has 0 aliphatic rings. The first kappa shape index (κ1) is 14.5. The fourth-order valence-corrected chi connectivity index (χ4v) is 2.88. The quantitative estimate of drug-likeness (QED) is 0.750. The standard InChI is InChI=1S/C15H19BrN2S/c1-5-10-8-11(16)6-7-12(10)18-13(15(2,3)4)9-17-14(18)19/h6-9H,5H2,1-4H3,(H,17,19). The molecule has 0 radical (unpaired) electrons. The van der Waals surface area contributed by atoms with Gasteiger partial charge < -0.3 is 4.98 Å². The third-order valence-electron chi connectivity index (χ3n) is 3.21. The number of benzene rings is 1. The summed E-state index contributed by atoms with van der Waals surface area (Å²) in [5, 5.41) is 0. The average molecular weight is 339 g/mol. The van der Waals surface area contributed by atoms with Crippen molar-refractivity contribution in [3.63, 3.8) is 0 Å². The normalized spacial score (nSPS) is 11.8. The van der Waals surface area contributed by atoms with Gasteiger partial charge in [0, 0.05) is 21.8 Å². The molecule has 2 nitrogen and oxygen atoms in total. The highest BCUT2D eigenvalue weighted by Gasteiger charge is 2.21. The summed E-state index contributed by atoms with van der Waals surface area (Å²) in [7, 11) is 0. The van der Waals surface area contributed by atoms with Gasteiger partial charge in [-0.25, -0.2) is 0 Å². The zero-order valence-electron chi connectivity index (χ0n) is 11.7. The van der Waals surface area contributed by atoms with Gasteiger partial charge in [-0.05, 0) is 42.4 Å². The number of hydrogen-bond donors (Lipinski definition) is 1. The van der Waals surface area contributed by atoms with Crippen LogP contribution in [0, 0.1) is 4.77 Å². The minimum absolute atomic E-state index is 0.0473. The summed E-state index contributed by atoms with van der Waals surface area (Å²) < 4.78 is 4.01. The van der Waals surface area contributed by atoms with Gasteiger partial charge in [0.15, 0.2) is 4.77 Å². The summed E-state index contributed by atoms with van der Waals surface area (Å²) in [6, 6.07) is 6.36. The molecule has 0 amide bonds. The van der Waals surface area contributed by atoms with Crippen molar-refractivity contribution < 1.29 is 0 Å². The fraction of sp³-hybridized carbons (Fsp3) is 0.400. The van der Waals surface area contributed by atoms with Crippen molar-refractivity contribution in [2.24, 2.45) is 0 Å². The van der Waals surface area contributed by atoms with E-state index in [0.29, 0.717) is 0 Å². The number of aromatic amines is 1. The molecule has 0 atom stereocenters. The number of nitrogens with one attached hydrogen (secondary N) is 1. The molecule has 102 valence electrons. The molecule has 0 spiro atoms. The molecule has 1 N–H and O–H groups in total. The Morgan fingerprint density at radius 2 is 2.00 bits per heavy atom. The predicted octanol–water partition coefficient (Wildman–Crippen LogP) is 5.16. The number of aryl methyl sites for hydroxylation is 1. The number of nitrogens with zero attached hydrogens (tertiary/aromatic N) is 1. The van der Waals surface area contributed by atoms with E-state index in [1.165, 1.54) is 16.9 Å². The first-order chi connectivity index (χ1) is 8.84. The molecule has 1 aromatic carbocycles. The van der Waals surface area contributed by atoms with Crippen LogP contribution < -0.4 is 0 Å². The highest BCUT2D eigenvalue weighted by molar-refractivity contribution is 9.10. The Morgan fingerprint density at radius 3 is 2.58 bits per heavy atom. The topological polar surface area (TPSA) is 20.7 Å². The molecule has 4 heteroatoms. The Balaban J connectivity index is 2.73. The van der Waals surface area contributed by atoms with Crippen molar-refractivity contribution in [2.75, 3.05) is 0 Å². The molecule has 19 heavy (non-hydrogen) atoms. The van der Waals surface area contributed by atoms with Gasteiger partial charge in [-0.3, -0.25) is 4.57 Å². The number of rotatable bonds is 2. The molecule has 0 unspecified atom stereocenters. The maximum atomic E-state index is 5.46. The molecule has 0 fully saturated rings. The van der Waals surface area contributed by atoms with Crippen molar-refractivity contribution in [2.45, 2.75) is 39.5 Å². The average Bonchev–Trinajstić information content (AvgIpc) is 2.71. The van der Waals surface area contributed by atoms with Gasteiger partial charge in [-0.2, -0.15) is 0 Å². The monoisotopic (exact) mass is 338 g/mol. The molecule has 1 aromatic heterocycles. The van der Waals surface area contributed by atoms with Gasteiger partial charge >= 0.3 is 0 Å². The molecule has 0 aliphatic carbocycles. The van der Waals surface area contributed by atoms with Crippen LogP contribution in [0.5, 0.6) is 0 Å². The number of aromatic nitrogens is 2. The van der Waals surface area contributed by atoms with E-state index in [1.807, 2.05) is 6.20 Å². The SMILES string of the molecule is CCc1cc(Br)ccc1-n1c(C(C)(C)C)c[nH]c1=S. The zero-order chi connectivity index (χ0) is 14.2. The second kappa shape index (κ2) is 5.25. The Labute approximate surface area is 128 Å². The third-order valence-corrected chi connectivity index (χ3v) is 4.00. The second-order valence-corrected chi connectivity index (χ2v) is 6.99. The van der Waals surface area contributed by atoms with Crippen LogP contribution in [0.25, 0.3) is 5.69 Å². The van der Waals surface area contributed by atoms with Crippen LogP contribution in [0.1, 0.15) is 39.0 Å². The molecule has 0 aliphatic heterocycles. The smallest absolute Gasteiger partial charge is 0.182 e. The first-order valence-corrected chi connectivity index (χ1v) is 7.64. The van der Waals surface area contributed by atoms with E-state index in [1.54, 1.807) is 0 Å². The van der Waals surface area contributed by atoms with Crippen molar-refractivity contribution >= 4 is 28.1 Å². The largest absolute Gasteiger partial charge is 0.337 e. The van der Waals surface area contributed by atoms with Gasteiger partial charge in [0.1, 0.15) is 0 Å². The van der Waals surface area contributed by atoms with E-state index in [0.717, 1.165) is 15.7 Å². The lowest BCUT2D eigenvalue weighted by atomic mass is 9.92. The number of hydrogen-bond acceptors (Lipinski definition) is 1. The molecule has 1 heterocycles. The van der Waals surface area contributed by atoms with Gasteiger partial charge in [0.05, 0.1) is 5.69 Å². The van der Waals surface area contributed by atoms with Crippen LogP contribution in [0.2, 0.25) is 0 Å². The van der Waals surface area contributed by atoms with Crippen LogP contribution in [0.3, 0.4) is 0 Å². The summed E-state index contributed by atoms with van der Waals surface area (Å²) in [6.07, 6.45) is 3.00. The van der Waals surface area contributed by atoms with E-state index in [4.69, 9.17) is 12.2 Å². The summed E-state index contributed by atoms with van der Waals surface area (Å²) in [5.74, 6) is 0. The predicted molar refractivity (Wildman–Crippen MR) is 86.7 cm³/mol. The van der Waals surface area contributed by atoms with Crippen LogP contribution >= 0.6 is 28.1 Å². The van der Waals surface area contributed by atoms with Crippen LogP contribution in [-0.4, -0.2) is 9.55 Å². The summed E-state index contributed by atoms with van der Waals surface area (Å²) >= 11 is 8.99. The molecule has 0 saturated carbocycles. The molecule has 0 saturated heterocycles. The van der Waals surface area contributed by atoms with Gasteiger partial charge in [-0.1, -0.05) is 43.6 Å². The van der Waals surface area contributed by atoms with Crippen molar-refractivity contribution in [3.05, 3.63) is 44.9 Å². The Hall–Kier alpha value is -0.870. The number of H-pyrrole nitrogens is 1. The number of halogens is 1. The van der Waals surface area contributed by atoms with Crippen LogP contribution in [-0.2, 0) is 11.8 Å². The molecule has 0 bridgehead atoms. The Bertz CT molecular complexity index is 647. The summed E-state index contributed by atoms with van der Waals surface area (Å²) in [6.45, 7) is 8.77. The second-order valence-electron chi connectivity index (χ2n) is 5.69. The van der Waals surface area contributed by atoms with Crippen molar-refractivity contribution in [3.8, 4) is 5.69 Å². The molecular weight excluding hydrogens is 320 g/mol. The van der Waals surface area contributed by atoms with E-state index in [9.17, 15) is 0 Å². The molecule has 2 aromatic rings. The third kappa shape index (κ3) is 2.84. The molecular formula is C15H19BrN2S. The van der Waals surface area contributed by atoms with Crippen molar-refractivity contribution in [1.29, 1.82) is 0 Å². The van der Waals surface area contributed by atoms with Gasteiger partial charge in [0.2, 0.25) is 0 Å². The highest BCUT2D eigenvalue weighted by Crippen LogP contribution is 2.28. The van der Waals surface area contributed by atoms with Crippen molar-refractivity contribution in [1.82, 2.24) is 9.55 Å². The lowest BCUT2D eigenvalue weighted by molar-refractivity contribution is 0.555. The van der Waals surface area contributed by atoms with Crippen LogP contribution in [0.4, 0.5) is 0 Å². The minimum atomic E-state index is 0.0473. The van der Waals surface area contributed by atoms with Gasteiger partial charge in [0.25, 0.3) is 0 Å². The lowest BCUT2D eigenvalue weighted by Gasteiger charge is -2.22. The number of imidazole rings is 1. The Kier molecular flexibility index (Phi) is 4.02. The zero-order valence-corrected chi connectivity index (χ0v) is 14.2.